The van der Waals surface area contributed by atoms with E-state index in [0.29, 0.717) is 0 Å². The van der Waals surface area contributed by atoms with Crippen LogP contribution < -0.4 is 0 Å². The van der Waals surface area contributed by atoms with Crippen molar-refractivity contribution in [2.24, 2.45) is 0 Å². The second-order valence-electron chi connectivity index (χ2n) is 13.0. The molecule has 11 aromatic rings. The summed E-state index contributed by atoms with van der Waals surface area (Å²) in [4.78, 5) is 0. The Bertz CT molecular complexity index is 3060. The van der Waals surface area contributed by atoms with E-state index < -0.39 is 0 Å². The van der Waals surface area contributed by atoms with Crippen LogP contribution in [0.5, 0.6) is 0 Å². The summed E-state index contributed by atoms with van der Waals surface area (Å²) in [7, 11) is 0. The minimum absolute atomic E-state index is 0.857. The molecule has 0 atom stereocenters. The summed E-state index contributed by atoms with van der Waals surface area (Å²) < 4.78 is 9.89. The van der Waals surface area contributed by atoms with Gasteiger partial charge in [-0.1, -0.05) is 115 Å². The molecule has 49 heavy (non-hydrogen) atoms. The van der Waals surface area contributed by atoms with Crippen molar-refractivity contribution in [1.82, 2.24) is 4.57 Å². The summed E-state index contributed by atoms with van der Waals surface area (Å²) in [5.41, 5.74) is 7.86. The van der Waals surface area contributed by atoms with Crippen LogP contribution in [0, 0.1) is 0 Å². The van der Waals surface area contributed by atoms with Crippen LogP contribution >= 0.6 is 15.9 Å². The molecule has 0 aliphatic rings. The van der Waals surface area contributed by atoms with Gasteiger partial charge in [0.15, 0.2) is 0 Å². The quantitative estimate of drug-likeness (QED) is 0.169. The zero-order chi connectivity index (χ0) is 32.2. The first-order chi connectivity index (χ1) is 24.2. The SMILES string of the molecule is Brc1c(-c2cccc3ccccc23)oc2ccc(-c3ccc4c(c3)c3ccccc3n4-c3cc4ccc5cccc6ccc(c3)c4c56)cc12. The molecular formula is C46H26BrNO. The lowest BCUT2D eigenvalue weighted by atomic mass is 9.94. The van der Waals surface area contributed by atoms with Gasteiger partial charge in [0.25, 0.3) is 0 Å². The first-order valence-electron chi connectivity index (χ1n) is 16.6. The van der Waals surface area contributed by atoms with Crippen molar-refractivity contribution < 1.29 is 4.42 Å². The van der Waals surface area contributed by atoms with Crippen molar-refractivity contribution in [2.75, 3.05) is 0 Å². The molecule has 9 aromatic carbocycles. The molecule has 0 aliphatic heterocycles. The average Bonchev–Trinajstić information content (AvgIpc) is 3.67. The highest BCUT2D eigenvalue weighted by atomic mass is 79.9. The number of hydrogen-bond acceptors (Lipinski definition) is 1. The van der Waals surface area contributed by atoms with Crippen LogP contribution in [0.4, 0.5) is 0 Å². The van der Waals surface area contributed by atoms with Crippen molar-refractivity contribution in [3.63, 3.8) is 0 Å². The van der Waals surface area contributed by atoms with Crippen LogP contribution in [-0.4, -0.2) is 4.57 Å². The molecule has 0 spiro atoms. The fraction of sp³-hybridized carbons (Fsp3) is 0. The Kier molecular flexibility index (Phi) is 5.56. The molecule has 0 amide bonds. The van der Waals surface area contributed by atoms with E-state index in [1.165, 1.54) is 76.1 Å². The Morgan fingerprint density at radius 1 is 0.429 bits per heavy atom. The van der Waals surface area contributed by atoms with Crippen LogP contribution in [0.25, 0.3) is 104 Å². The van der Waals surface area contributed by atoms with E-state index in [4.69, 9.17) is 4.42 Å². The third-order valence-corrected chi connectivity index (χ3v) is 11.2. The minimum atomic E-state index is 0.857. The third-order valence-electron chi connectivity index (χ3n) is 10.4. The van der Waals surface area contributed by atoms with Gasteiger partial charge in [0.05, 0.1) is 15.5 Å². The van der Waals surface area contributed by atoms with E-state index in [2.05, 4.69) is 178 Å². The smallest absolute Gasteiger partial charge is 0.150 e. The van der Waals surface area contributed by atoms with E-state index in [1.807, 2.05) is 0 Å². The van der Waals surface area contributed by atoms with E-state index in [-0.39, 0.29) is 0 Å². The van der Waals surface area contributed by atoms with Gasteiger partial charge in [-0.3, -0.25) is 0 Å². The second kappa shape index (κ2) is 10.1. The number of nitrogens with zero attached hydrogens (tertiary/aromatic N) is 1. The lowest BCUT2D eigenvalue weighted by molar-refractivity contribution is 0.630. The topological polar surface area (TPSA) is 18.1 Å². The Hall–Kier alpha value is -5.90. The molecular weight excluding hydrogens is 662 g/mol. The number of para-hydroxylation sites is 1. The standard InChI is InChI=1S/C46H26BrNO/c47-45-39-26-31(20-22-42(39)49-46(45)37-13-6-8-27-7-1-2-11-35(27)37)30-19-21-41-38(25-30)36-12-3-4-14-40(36)48(41)34-23-32-17-15-28-9-5-10-29-16-18-33(24-34)44(32)43(28)29/h1-26H. The zero-order valence-electron chi connectivity index (χ0n) is 26.2. The Balaban J connectivity index is 1.08. The second-order valence-corrected chi connectivity index (χ2v) is 13.8. The van der Waals surface area contributed by atoms with Crippen LogP contribution in [0.2, 0.25) is 0 Å². The van der Waals surface area contributed by atoms with Crippen LogP contribution in [-0.2, 0) is 0 Å². The summed E-state index contributed by atoms with van der Waals surface area (Å²) in [5.74, 6) is 0.857. The molecule has 228 valence electrons. The largest absolute Gasteiger partial charge is 0.455 e. The molecule has 0 N–H and O–H groups in total. The summed E-state index contributed by atoms with van der Waals surface area (Å²) in [6.07, 6.45) is 0. The van der Waals surface area contributed by atoms with Crippen molar-refractivity contribution >= 4 is 91.8 Å². The van der Waals surface area contributed by atoms with Crippen LogP contribution in [0.15, 0.2) is 167 Å². The van der Waals surface area contributed by atoms with Crippen molar-refractivity contribution in [3.05, 3.63) is 162 Å². The van der Waals surface area contributed by atoms with Gasteiger partial charge in [0.2, 0.25) is 0 Å². The van der Waals surface area contributed by atoms with Gasteiger partial charge in [-0.2, -0.15) is 0 Å². The monoisotopic (exact) mass is 687 g/mol. The lowest BCUT2D eigenvalue weighted by Crippen LogP contribution is -1.95. The van der Waals surface area contributed by atoms with Crippen molar-refractivity contribution in [3.8, 4) is 28.1 Å². The van der Waals surface area contributed by atoms with Gasteiger partial charge in [0, 0.05) is 27.4 Å². The highest BCUT2D eigenvalue weighted by Crippen LogP contribution is 2.43. The number of rotatable bonds is 3. The Morgan fingerprint density at radius 3 is 1.84 bits per heavy atom. The number of hydrogen-bond donors (Lipinski definition) is 0. The minimum Gasteiger partial charge on any atom is -0.455 e. The summed E-state index contributed by atoms with van der Waals surface area (Å²) in [6.45, 7) is 0. The van der Waals surface area contributed by atoms with Crippen molar-refractivity contribution in [1.29, 1.82) is 0 Å². The molecule has 2 aromatic heterocycles. The van der Waals surface area contributed by atoms with Gasteiger partial charge in [-0.25, -0.2) is 0 Å². The number of fused-ring (bicyclic) bond motifs is 5. The van der Waals surface area contributed by atoms with Gasteiger partial charge >= 0.3 is 0 Å². The van der Waals surface area contributed by atoms with Gasteiger partial charge < -0.3 is 8.98 Å². The van der Waals surface area contributed by atoms with E-state index in [0.717, 1.165) is 32.3 Å². The molecule has 11 rings (SSSR count). The van der Waals surface area contributed by atoms with Gasteiger partial charge in [-0.15, -0.1) is 0 Å². The predicted octanol–water partition coefficient (Wildman–Crippen LogP) is 13.7. The number of aromatic nitrogens is 1. The fourth-order valence-corrected chi connectivity index (χ4v) is 8.75. The fourth-order valence-electron chi connectivity index (χ4n) is 8.14. The first-order valence-corrected chi connectivity index (χ1v) is 17.4. The first kappa shape index (κ1) is 27.1. The molecule has 0 unspecified atom stereocenters. The summed E-state index contributed by atoms with van der Waals surface area (Å²) in [6, 6.07) is 57.3. The molecule has 2 nitrogen and oxygen atoms in total. The number of benzene rings is 9. The molecule has 0 fully saturated rings. The Morgan fingerprint density at radius 2 is 1.02 bits per heavy atom. The molecule has 0 bridgehead atoms. The predicted molar refractivity (Wildman–Crippen MR) is 210 cm³/mol. The van der Waals surface area contributed by atoms with E-state index in [1.54, 1.807) is 0 Å². The Labute approximate surface area is 289 Å². The maximum absolute atomic E-state index is 6.49. The molecule has 0 aliphatic carbocycles. The summed E-state index contributed by atoms with van der Waals surface area (Å²) >= 11 is 3.93. The molecule has 3 heteroatoms. The third kappa shape index (κ3) is 3.88. The van der Waals surface area contributed by atoms with Crippen molar-refractivity contribution in [2.45, 2.75) is 0 Å². The maximum Gasteiger partial charge on any atom is 0.150 e. The lowest BCUT2D eigenvalue weighted by Gasteiger charge is -2.14. The molecule has 0 saturated carbocycles. The molecule has 0 saturated heterocycles. The molecule has 0 radical (unpaired) electrons. The average molecular weight is 689 g/mol. The highest BCUT2D eigenvalue weighted by Gasteiger charge is 2.19. The zero-order valence-corrected chi connectivity index (χ0v) is 27.8. The maximum atomic E-state index is 6.49. The van der Waals surface area contributed by atoms with Gasteiger partial charge in [-0.05, 0) is 113 Å². The molecule has 2 heterocycles. The number of furan rings is 1. The van der Waals surface area contributed by atoms with Gasteiger partial charge in [0.1, 0.15) is 11.3 Å². The number of halogens is 1. The van der Waals surface area contributed by atoms with E-state index >= 15 is 0 Å². The highest BCUT2D eigenvalue weighted by molar-refractivity contribution is 9.10. The van der Waals surface area contributed by atoms with E-state index in [9.17, 15) is 0 Å². The normalized spacial score (nSPS) is 12.2. The summed E-state index contributed by atoms with van der Waals surface area (Å²) in [5, 5.41) is 13.7. The van der Waals surface area contributed by atoms with Crippen LogP contribution in [0.1, 0.15) is 0 Å². The van der Waals surface area contributed by atoms with Crippen LogP contribution in [0.3, 0.4) is 0 Å².